The molecular formula is C9H8Cl2N2O3. The van der Waals surface area contributed by atoms with Crippen LogP contribution >= 0.6 is 23.2 Å². The molecule has 0 aromatic heterocycles. The SMILES string of the molecule is CC(Cl)C(=O)Nc1ccc(Cl)cc1[N+](=O)[O-]. The molecule has 1 aromatic rings. The molecule has 0 aliphatic carbocycles. The van der Waals surface area contributed by atoms with Crippen molar-refractivity contribution in [3.8, 4) is 0 Å². The number of nitro benzene ring substituents is 1. The number of rotatable bonds is 3. The largest absolute Gasteiger partial charge is 0.319 e. The van der Waals surface area contributed by atoms with Crippen molar-refractivity contribution in [2.75, 3.05) is 5.32 Å². The Morgan fingerprint density at radius 1 is 1.56 bits per heavy atom. The van der Waals surface area contributed by atoms with Crippen LogP contribution in [0.2, 0.25) is 5.02 Å². The highest BCUT2D eigenvalue weighted by Gasteiger charge is 2.18. The lowest BCUT2D eigenvalue weighted by atomic mass is 10.2. The fraction of sp³-hybridized carbons (Fsp3) is 0.222. The Bertz CT molecular complexity index is 435. The van der Waals surface area contributed by atoms with Crippen molar-refractivity contribution in [3.05, 3.63) is 33.3 Å². The van der Waals surface area contributed by atoms with Gasteiger partial charge in [-0.05, 0) is 19.1 Å². The Labute approximate surface area is 101 Å². The van der Waals surface area contributed by atoms with Crippen molar-refractivity contribution in [1.82, 2.24) is 0 Å². The first-order valence-corrected chi connectivity index (χ1v) is 5.12. The Morgan fingerprint density at radius 2 is 2.19 bits per heavy atom. The number of nitrogens with one attached hydrogen (secondary N) is 1. The first kappa shape index (κ1) is 12.7. The lowest BCUT2D eigenvalue weighted by Crippen LogP contribution is -2.20. The minimum absolute atomic E-state index is 0.0758. The molecule has 1 amide bonds. The lowest BCUT2D eigenvalue weighted by Gasteiger charge is -2.07. The monoisotopic (exact) mass is 262 g/mol. The molecule has 7 heteroatoms. The molecule has 0 saturated carbocycles. The third-order valence-corrected chi connectivity index (χ3v) is 2.21. The smallest absolute Gasteiger partial charge is 0.294 e. The van der Waals surface area contributed by atoms with Crippen LogP contribution in [-0.4, -0.2) is 16.2 Å². The Kier molecular flexibility index (Phi) is 4.09. The van der Waals surface area contributed by atoms with Gasteiger partial charge in [0.05, 0.1) is 4.92 Å². The van der Waals surface area contributed by atoms with Crippen LogP contribution in [-0.2, 0) is 4.79 Å². The number of halogens is 2. The van der Waals surface area contributed by atoms with Crippen molar-refractivity contribution >= 4 is 40.5 Å². The zero-order valence-electron chi connectivity index (χ0n) is 8.24. The van der Waals surface area contributed by atoms with E-state index in [1.54, 1.807) is 0 Å². The topological polar surface area (TPSA) is 72.2 Å². The maximum absolute atomic E-state index is 11.3. The molecule has 86 valence electrons. The van der Waals surface area contributed by atoms with E-state index in [1.165, 1.54) is 19.1 Å². The molecular weight excluding hydrogens is 255 g/mol. The number of carbonyl (C=O) groups excluding carboxylic acids is 1. The van der Waals surface area contributed by atoms with Gasteiger partial charge in [-0.15, -0.1) is 11.6 Å². The summed E-state index contributed by atoms with van der Waals surface area (Å²) in [6, 6.07) is 3.97. The van der Waals surface area contributed by atoms with E-state index in [1.807, 2.05) is 0 Å². The summed E-state index contributed by atoms with van der Waals surface area (Å²) in [5.74, 6) is -0.507. The molecule has 1 unspecified atom stereocenters. The van der Waals surface area contributed by atoms with Crippen molar-refractivity contribution in [1.29, 1.82) is 0 Å². The number of amides is 1. The number of hydrogen-bond donors (Lipinski definition) is 1. The van der Waals surface area contributed by atoms with Gasteiger partial charge in [-0.2, -0.15) is 0 Å². The summed E-state index contributed by atoms with van der Waals surface area (Å²) < 4.78 is 0. The molecule has 0 aliphatic heterocycles. The normalized spacial score (nSPS) is 11.9. The van der Waals surface area contributed by atoms with Crippen LogP contribution in [0, 0.1) is 10.1 Å². The number of nitro groups is 1. The van der Waals surface area contributed by atoms with E-state index in [2.05, 4.69) is 5.32 Å². The Morgan fingerprint density at radius 3 is 2.69 bits per heavy atom. The summed E-state index contributed by atoms with van der Waals surface area (Å²) in [7, 11) is 0. The zero-order valence-corrected chi connectivity index (χ0v) is 9.75. The average molecular weight is 263 g/mol. The molecule has 1 aromatic carbocycles. The second kappa shape index (κ2) is 5.14. The van der Waals surface area contributed by atoms with Gasteiger partial charge in [-0.3, -0.25) is 14.9 Å². The quantitative estimate of drug-likeness (QED) is 0.517. The fourth-order valence-electron chi connectivity index (χ4n) is 0.994. The van der Waals surface area contributed by atoms with E-state index in [4.69, 9.17) is 23.2 Å². The summed E-state index contributed by atoms with van der Waals surface area (Å²) in [5.41, 5.74) is -0.190. The van der Waals surface area contributed by atoms with E-state index in [0.29, 0.717) is 0 Å². The molecule has 0 bridgehead atoms. The van der Waals surface area contributed by atoms with Gasteiger partial charge in [0.1, 0.15) is 11.1 Å². The molecule has 0 aliphatic rings. The first-order valence-electron chi connectivity index (χ1n) is 4.30. The summed E-state index contributed by atoms with van der Waals surface area (Å²) in [6.07, 6.45) is 0. The Hall–Kier alpha value is -1.33. The third-order valence-electron chi connectivity index (χ3n) is 1.78. The molecule has 1 rings (SSSR count). The standard InChI is InChI=1S/C9H8Cl2N2O3/c1-5(10)9(14)12-7-3-2-6(11)4-8(7)13(15)16/h2-5H,1H3,(H,12,14). The average Bonchev–Trinajstić information content (AvgIpc) is 2.20. The first-order chi connectivity index (χ1) is 7.41. The fourth-order valence-corrected chi connectivity index (χ4v) is 1.21. The summed E-state index contributed by atoms with van der Waals surface area (Å²) in [4.78, 5) is 21.3. The highest BCUT2D eigenvalue weighted by atomic mass is 35.5. The van der Waals surface area contributed by atoms with E-state index >= 15 is 0 Å². The minimum Gasteiger partial charge on any atom is -0.319 e. The maximum Gasteiger partial charge on any atom is 0.294 e. The van der Waals surface area contributed by atoms with Gasteiger partial charge < -0.3 is 5.32 Å². The van der Waals surface area contributed by atoms with Gasteiger partial charge >= 0.3 is 0 Å². The molecule has 16 heavy (non-hydrogen) atoms. The van der Waals surface area contributed by atoms with E-state index in [9.17, 15) is 14.9 Å². The van der Waals surface area contributed by atoms with Gasteiger partial charge in [0.25, 0.3) is 5.69 Å². The second-order valence-electron chi connectivity index (χ2n) is 3.02. The van der Waals surface area contributed by atoms with Gasteiger partial charge in [0.15, 0.2) is 0 Å². The van der Waals surface area contributed by atoms with Crippen LogP contribution in [0.15, 0.2) is 18.2 Å². The van der Waals surface area contributed by atoms with E-state index < -0.39 is 16.2 Å². The van der Waals surface area contributed by atoms with Crippen LogP contribution in [0.3, 0.4) is 0 Å². The van der Waals surface area contributed by atoms with Crippen LogP contribution in [0.25, 0.3) is 0 Å². The predicted octanol–water partition coefficient (Wildman–Crippen LogP) is 2.81. The number of carbonyl (C=O) groups is 1. The van der Waals surface area contributed by atoms with Crippen molar-refractivity contribution in [3.63, 3.8) is 0 Å². The van der Waals surface area contributed by atoms with Crippen molar-refractivity contribution in [2.24, 2.45) is 0 Å². The van der Waals surface area contributed by atoms with E-state index in [-0.39, 0.29) is 16.4 Å². The number of anilines is 1. The van der Waals surface area contributed by atoms with Crippen LogP contribution in [0.4, 0.5) is 11.4 Å². The summed E-state index contributed by atoms with van der Waals surface area (Å²) in [5, 5.41) is 12.5. The molecule has 1 N–H and O–H groups in total. The highest BCUT2D eigenvalue weighted by molar-refractivity contribution is 6.32. The minimum atomic E-state index is -0.768. The van der Waals surface area contributed by atoms with E-state index in [0.717, 1.165) is 6.07 Å². The van der Waals surface area contributed by atoms with Gasteiger partial charge in [-0.1, -0.05) is 11.6 Å². The molecule has 0 radical (unpaired) electrons. The van der Waals surface area contributed by atoms with Crippen molar-refractivity contribution in [2.45, 2.75) is 12.3 Å². The molecule has 0 spiro atoms. The summed E-state index contributed by atoms with van der Waals surface area (Å²) >= 11 is 11.2. The van der Waals surface area contributed by atoms with Crippen LogP contribution in [0.5, 0.6) is 0 Å². The number of nitrogens with zero attached hydrogens (tertiary/aromatic N) is 1. The van der Waals surface area contributed by atoms with Crippen LogP contribution < -0.4 is 5.32 Å². The maximum atomic E-state index is 11.3. The predicted molar refractivity (Wildman–Crippen MR) is 62.1 cm³/mol. The molecule has 1 atom stereocenters. The molecule has 0 fully saturated rings. The molecule has 0 saturated heterocycles. The van der Waals surface area contributed by atoms with Gasteiger partial charge in [-0.25, -0.2) is 0 Å². The van der Waals surface area contributed by atoms with Gasteiger partial charge in [0, 0.05) is 11.1 Å². The zero-order chi connectivity index (χ0) is 12.3. The van der Waals surface area contributed by atoms with Gasteiger partial charge in [0.2, 0.25) is 5.91 Å². The molecule has 0 heterocycles. The van der Waals surface area contributed by atoms with Crippen LogP contribution in [0.1, 0.15) is 6.92 Å². The highest BCUT2D eigenvalue weighted by Crippen LogP contribution is 2.27. The van der Waals surface area contributed by atoms with Crippen molar-refractivity contribution < 1.29 is 9.72 Å². The second-order valence-corrected chi connectivity index (χ2v) is 4.11. The number of alkyl halides is 1. The Balaban J connectivity index is 3.04. The summed E-state index contributed by atoms with van der Waals surface area (Å²) in [6.45, 7) is 1.47. The molecule has 5 nitrogen and oxygen atoms in total. The third kappa shape index (κ3) is 3.08. The number of benzene rings is 1. The lowest BCUT2D eigenvalue weighted by molar-refractivity contribution is -0.383. The number of hydrogen-bond acceptors (Lipinski definition) is 3.